The summed E-state index contributed by atoms with van der Waals surface area (Å²) in [6, 6.07) is 0.665. The molecular formula is C17H33N3O2. The van der Waals surface area contributed by atoms with E-state index in [1.807, 2.05) is 4.90 Å². The summed E-state index contributed by atoms with van der Waals surface area (Å²) in [6.45, 7) is 8.53. The lowest BCUT2D eigenvalue weighted by molar-refractivity contribution is 0.122. The van der Waals surface area contributed by atoms with Crippen LogP contribution in [-0.2, 0) is 0 Å². The maximum absolute atomic E-state index is 12.4. The number of nitrogens with one attached hydrogen (secondary N) is 1. The molecule has 22 heavy (non-hydrogen) atoms. The molecule has 0 aliphatic carbocycles. The van der Waals surface area contributed by atoms with Gasteiger partial charge in [0.1, 0.15) is 0 Å². The third-order valence-corrected chi connectivity index (χ3v) is 5.34. The van der Waals surface area contributed by atoms with Crippen molar-refractivity contribution in [2.75, 3.05) is 32.8 Å². The molecule has 5 nitrogen and oxygen atoms in total. The second-order valence-electron chi connectivity index (χ2n) is 7.11. The zero-order valence-electron chi connectivity index (χ0n) is 14.3. The second kappa shape index (κ2) is 8.73. The van der Waals surface area contributed by atoms with Gasteiger partial charge in [-0.3, -0.25) is 4.90 Å². The molecule has 2 saturated heterocycles. The van der Waals surface area contributed by atoms with E-state index in [0.717, 1.165) is 51.4 Å². The summed E-state index contributed by atoms with van der Waals surface area (Å²) in [7, 11) is 0. The van der Waals surface area contributed by atoms with E-state index < -0.39 is 0 Å². The van der Waals surface area contributed by atoms with Gasteiger partial charge >= 0.3 is 6.03 Å². The minimum atomic E-state index is 0.0513. The summed E-state index contributed by atoms with van der Waals surface area (Å²) in [5.41, 5.74) is 0. The van der Waals surface area contributed by atoms with Crippen molar-refractivity contribution in [2.24, 2.45) is 5.92 Å². The van der Waals surface area contributed by atoms with E-state index >= 15 is 0 Å². The lowest BCUT2D eigenvalue weighted by Crippen LogP contribution is -2.52. The van der Waals surface area contributed by atoms with Gasteiger partial charge in [-0.05, 0) is 64.5 Å². The highest BCUT2D eigenvalue weighted by atomic mass is 16.3. The topological polar surface area (TPSA) is 55.8 Å². The Morgan fingerprint density at radius 3 is 2.64 bits per heavy atom. The highest BCUT2D eigenvalue weighted by Crippen LogP contribution is 2.20. The number of carbonyl (C=O) groups excluding carboxylic acids is 1. The van der Waals surface area contributed by atoms with Gasteiger partial charge in [0.15, 0.2) is 0 Å². The molecule has 5 heteroatoms. The maximum Gasteiger partial charge on any atom is 0.317 e. The van der Waals surface area contributed by atoms with Crippen LogP contribution in [0.2, 0.25) is 0 Å². The van der Waals surface area contributed by atoms with Crippen molar-refractivity contribution >= 4 is 6.03 Å². The molecule has 2 N–H and O–H groups in total. The van der Waals surface area contributed by atoms with Crippen molar-refractivity contribution < 1.29 is 9.90 Å². The van der Waals surface area contributed by atoms with Crippen LogP contribution in [-0.4, -0.2) is 65.8 Å². The monoisotopic (exact) mass is 311 g/mol. The highest BCUT2D eigenvalue weighted by molar-refractivity contribution is 5.74. The Morgan fingerprint density at radius 1 is 1.23 bits per heavy atom. The van der Waals surface area contributed by atoms with Gasteiger partial charge in [-0.1, -0.05) is 6.92 Å². The van der Waals surface area contributed by atoms with Crippen LogP contribution in [0.15, 0.2) is 0 Å². The van der Waals surface area contributed by atoms with Crippen LogP contribution in [0.4, 0.5) is 4.79 Å². The van der Waals surface area contributed by atoms with Crippen LogP contribution in [0, 0.1) is 5.92 Å². The highest BCUT2D eigenvalue weighted by Gasteiger charge is 2.27. The third-order valence-electron chi connectivity index (χ3n) is 5.34. The van der Waals surface area contributed by atoms with Crippen molar-refractivity contribution in [1.82, 2.24) is 15.1 Å². The summed E-state index contributed by atoms with van der Waals surface area (Å²) >= 11 is 0. The van der Waals surface area contributed by atoms with Gasteiger partial charge in [0.2, 0.25) is 0 Å². The number of nitrogens with zero attached hydrogens (tertiary/aromatic N) is 2. The molecule has 0 aromatic rings. The van der Waals surface area contributed by atoms with Crippen molar-refractivity contribution in [1.29, 1.82) is 0 Å². The molecule has 0 aromatic carbocycles. The molecule has 0 radical (unpaired) electrons. The zero-order chi connectivity index (χ0) is 15.9. The fourth-order valence-corrected chi connectivity index (χ4v) is 3.65. The molecular weight excluding hydrogens is 278 g/mol. The van der Waals surface area contributed by atoms with E-state index in [2.05, 4.69) is 24.1 Å². The molecule has 0 spiro atoms. The Labute approximate surface area is 135 Å². The first kappa shape index (κ1) is 17.5. The van der Waals surface area contributed by atoms with Crippen LogP contribution in [0.5, 0.6) is 0 Å². The molecule has 0 saturated carbocycles. The predicted octanol–water partition coefficient (Wildman–Crippen LogP) is 2.05. The number of amides is 2. The standard InChI is InChI=1S/C17H33N3O2/c1-14-6-10-19(11-7-14)15(2)13-18-17(22)20-9-4-3-5-16(20)8-12-21/h14-16,21H,3-13H2,1-2H3,(H,18,22). The van der Waals surface area contributed by atoms with Crippen LogP contribution in [0.3, 0.4) is 0 Å². The summed E-state index contributed by atoms with van der Waals surface area (Å²) in [5.74, 6) is 0.839. The average Bonchev–Trinajstić information content (AvgIpc) is 2.54. The number of piperidine rings is 2. The van der Waals surface area contributed by atoms with E-state index in [4.69, 9.17) is 5.11 Å². The Morgan fingerprint density at radius 2 is 1.95 bits per heavy atom. The van der Waals surface area contributed by atoms with Crippen molar-refractivity contribution in [3.8, 4) is 0 Å². The van der Waals surface area contributed by atoms with Gasteiger partial charge in [0.05, 0.1) is 0 Å². The number of urea groups is 1. The number of aliphatic hydroxyl groups excluding tert-OH is 1. The number of likely N-dealkylation sites (tertiary alicyclic amines) is 2. The molecule has 0 aromatic heterocycles. The van der Waals surface area contributed by atoms with E-state index in [1.54, 1.807) is 0 Å². The van der Waals surface area contributed by atoms with Gasteiger partial charge in [-0.2, -0.15) is 0 Å². The van der Waals surface area contributed by atoms with Gasteiger partial charge in [0, 0.05) is 31.8 Å². The lowest BCUT2D eigenvalue weighted by atomic mass is 9.98. The van der Waals surface area contributed by atoms with Gasteiger partial charge in [-0.25, -0.2) is 4.79 Å². The van der Waals surface area contributed by atoms with Gasteiger partial charge in [0.25, 0.3) is 0 Å². The molecule has 2 amide bonds. The molecule has 128 valence electrons. The average molecular weight is 311 g/mol. The first-order valence-electron chi connectivity index (χ1n) is 9.01. The van der Waals surface area contributed by atoms with E-state index in [1.165, 1.54) is 12.8 Å². The summed E-state index contributed by atoms with van der Waals surface area (Å²) < 4.78 is 0. The van der Waals surface area contributed by atoms with E-state index in [0.29, 0.717) is 12.5 Å². The number of hydrogen-bond donors (Lipinski definition) is 2. The normalized spacial score (nSPS) is 26.0. The Hall–Kier alpha value is -0.810. The van der Waals surface area contributed by atoms with Crippen LogP contribution < -0.4 is 5.32 Å². The van der Waals surface area contributed by atoms with Crippen molar-refractivity contribution in [3.63, 3.8) is 0 Å². The molecule has 2 heterocycles. The summed E-state index contributed by atoms with van der Waals surface area (Å²) in [4.78, 5) is 16.9. The Bertz CT molecular complexity index is 341. The maximum atomic E-state index is 12.4. The Balaban J connectivity index is 1.76. The van der Waals surface area contributed by atoms with Crippen molar-refractivity contribution in [3.05, 3.63) is 0 Å². The third kappa shape index (κ3) is 4.85. The van der Waals surface area contributed by atoms with Gasteiger partial charge < -0.3 is 15.3 Å². The predicted molar refractivity (Wildman–Crippen MR) is 88.9 cm³/mol. The second-order valence-corrected chi connectivity index (χ2v) is 7.11. The first-order valence-corrected chi connectivity index (χ1v) is 9.01. The number of carbonyl (C=O) groups is 1. The largest absolute Gasteiger partial charge is 0.396 e. The van der Waals surface area contributed by atoms with Gasteiger partial charge in [-0.15, -0.1) is 0 Å². The molecule has 2 atom stereocenters. The quantitative estimate of drug-likeness (QED) is 0.817. The number of aliphatic hydroxyl groups is 1. The molecule has 2 aliphatic rings. The summed E-state index contributed by atoms with van der Waals surface area (Å²) in [5, 5.41) is 12.3. The van der Waals surface area contributed by atoms with Crippen LogP contribution >= 0.6 is 0 Å². The van der Waals surface area contributed by atoms with Crippen LogP contribution in [0.25, 0.3) is 0 Å². The SMILES string of the molecule is CC1CCN(C(C)CNC(=O)N2CCCCC2CCO)CC1. The minimum Gasteiger partial charge on any atom is -0.396 e. The fraction of sp³-hybridized carbons (Fsp3) is 0.941. The first-order chi connectivity index (χ1) is 10.6. The lowest BCUT2D eigenvalue weighted by Gasteiger charge is -2.37. The number of rotatable bonds is 5. The van der Waals surface area contributed by atoms with E-state index in [-0.39, 0.29) is 18.7 Å². The van der Waals surface area contributed by atoms with Crippen molar-refractivity contribution in [2.45, 2.75) is 64.5 Å². The number of hydrogen-bond acceptors (Lipinski definition) is 3. The zero-order valence-corrected chi connectivity index (χ0v) is 14.3. The summed E-state index contributed by atoms with van der Waals surface area (Å²) in [6.07, 6.45) is 6.50. The fourth-order valence-electron chi connectivity index (χ4n) is 3.65. The Kier molecular flexibility index (Phi) is 6.96. The molecule has 0 bridgehead atoms. The molecule has 2 rings (SSSR count). The molecule has 2 aliphatic heterocycles. The smallest absolute Gasteiger partial charge is 0.317 e. The van der Waals surface area contributed by atoms with Crippen LogP contribution in [0.1, 0.15) is 52.4 Å². The molecule has 2 fully saturated rings. The minimum absolute atomic E-state index is 0.0513. The molecule has 2 unspecified atom stereocenters. The van der Waals surface area contributed by atoms with E-state index in [9.17, 15) is 4.79 Å².